The molecular weight excluding hydrogens is 370 g/mol. The Hall–Kier alpha value is -2.45. The van der Waals surface area contributed by atoms with Crippen LogP contribution in [0.1, 0.15) is 32.6 Å². The third-order valence-corrected chi connectivity index (χ3v) is 5.39. The van der Waals surface area contributed by atoms with Crippen molar-refractivity contribution in [1.82, 2.24) is 15.1 Å². The summed E-state index contributed by atoms with van der Waals surface area (Å²) in [5, 5.41) is 8.42. The Bertz CT molecular complexity index is 731. The van der Waals surface area contributed by atoms with Crippen LogP contribution in [0.15, 0.2) is 24.3 Å². The monoisotopic (exact) mass is 401 g/mol. The lowest BCUT2D eigenvalue weighted by Crippen LogP contribution is -2.48. The number of carbonyl (C=O) groups is 3. The van der Waals surface area contributed by atoms with Crippen LogP contribution in [0, 0.1) is 0 Å². The van der Waals surface area contributed by atoms with Crippen LogP contribution in [-0.4, -0.2) is 72.8 Å². The molecule has 2 saturated heterocycles. The quantitative estimate of drug-likeness (QED) is 0.568. The van der Waals surface area contributed by atoms with Gasteiger partial charge < -0.3 is 15.5 Å². The van der Waals surface area contributed by atoms with Crippen LogP contribution in [0.5, 0.6) is 0 Å². The normalized spacial score (nSPS) is 20.9. The van der Waals surface area contributed by atoms with Crippen molar-refractivity contribution in [2.75, 3.05) is 49.9 Å². The summed E-state index contributed by atoms with van der Waals surface area (Å²) < 4.78 is 0. The number of imide groups is 1. The summed E-state index contributed by atoms with van der Waals surface area (Å²) in [5.41, 5.74) is 1.43. The van der Waals surface area contributed by atoms with Gasteiger partial charge in [-0.15, -0.1) is 0 Å². The molecule has 0 radical (unpaired) electrons. The van der Waals surface area contributed by atoms with Gasteiger partial charge in [0.1, 0.15) is 6.04 Å². The van der Waals surface area contributed by atoms with E-state index < -0.39 is 6.04 Å². The van der Waals surface area contributed by atoms with Crippen LogP contribution in [0.25, 0.3) is 0 Å². The average molecular weight is 402 g/mol. The Morgan fingerprint density at radius 3 is 2.59 bits per heavy atom. The van der Waals surface area contributed by atoms with Gasteiger partial charge in [-0.2, -0.15) is 0 Å². The lowest BCUT2D eigenvalue weighted by atomic mass is 10.1. The molecule has 8 nitrogen and oxygen atoms in total. The topological polar surface area (TPSA) is 93.8 Å². The van der Waals surface area contributed by atoms with E-state index >= 15 is 0 Å². The number of amides is 3. The predicted molar refractivity (Wildman–Crippen MR) is 113 cm³/mol. The highest BCUT2D eigenvalue weighted by molar-refractivity contribution is 6.01. The molecule has 1 atom stereocenters. The number of nitrogens with zero attached hydrogens (tertiary/aromatic N) is 2. The molecule has 3 rings (SSSR count). The summed E-state index contributed by atoms with van der Waals surface area (Å²) in [5.74, 6) is -0.584. The highest BCUT2D eigenvalue weighted by atomic mass is 16.2. The van der Waals surface area contributed by atoms with Crippen molar-refractivity contribution in [2.45, 2.75) is 38.6 Å². The molecule has 2 heterocycles. The molecule has 3 N–H and O–H groups in total. The zero-order valence-corrected chi connectivity index (χ0v) is 17.1. The Kier molecular flexibility index (Phi) is 7.60. The van der Waals surface area contributed by atoms with E-state index in [9.17, 15) is 14.4 Å². The summed E-state index contributed by atoms with van der Waals surface area (Å²) in [6.45, 7) is 7.58. The van der Waals surface area contributed by atoms with Gasteiger partial charge in [-0.05, 0) is 37.6 Å². The molecule has 29 heavy (non-hydrogen) atoms. The number of piperazine rings is 1. The molecule has 3 amide bonds. The zero-order valence-electron chi connectivity index (χ0n) is 17.1. The minimum Gasteiger partial charge on any atom is -0.374 e. The van der Waals surface area contributed by atoms with Gasteiger partial charge >= 0.3 is 0 Å². The highest BCUT2D eigenvalue weighted by Gasteiger charge is 2.26. The largest absolute Gasteiger partial charge is 0.374 e. The zero-order chi connectivity index (χ0) is 20.6. The predicted octanol–water partition coefficient (Wildman–Crippen LogP) is 1.26. The van der Waals surface area contributed by atoms with Crippen molar-refractivity contribution in [3.63, 3.8) is 0 Å². The van der Waals surface area contributed by atoms with E-state index in [-0.39, 0.29) is 17.7 Å². The average Bonchev–Trinajstić information content (AvgIpc) is 2.70. The number of carbonyl (C=O) groups excluding carboxylic acids is 3. The van der Waals surface area contributed by atoms with Gasteiger partial charge in [0, 0.05) is 44.0 Å². The number of piperidine rings is 1. The van der Waals surface area contributed by atoms with E-state index in [0.717, 1.165) is 38.4 Å². The molecule has 1 aromatic carbocycles. The molecule has 0 saturated carbocycles. The molecule has 0 aliphatic carbocycles. The molecule has 2 aliphatic heterocycles. The lowest BCUT2D eigenvalue weighted by Gasteiger charge is -2.34. The third kappa shape index (κ3) is 6.54. The van der Waals surface area contributed by atoms with Crippen molar-refractivity contribution in [3.05, 3.63) is 24.3 Å². The maximum Gasteiger partial charge on any atom is 0.249 e. The summed E-state index contributed by atoms with van der Waals surface area (Å²) in [6.07, 6.45) is 3.22. The van der Waals surface area contributed by atoms with Crippen molar-refractivity contribution < 1.29 is 14.4 Å². The first-order valence-corrected chi connectivity index (χ1v) is 10.5. The number of rotatable bonds is 8. The second-order valence-corrected chi connectivity index (χ2v) is 7.75. The number of benzene rings is 1. The fraction of sp³-hybridized carbons (Fsp3) is 0.571. The molecule has 1 aromatic rings. The first-order valence-electron chi connectivity index (χ1n) is 10.5. The van der Waals surface area contributed by atoms with Crippen molar-refractivity contribution in [2.24, 2.45) is 0 Å². The fourth-order valence-corrected chi connectivity index (χ4v) is 3.68. The molecule has 2 aliphatic rings. The van der Waals surface area contributed by atoms with Crippen LogP contribution >= 0.6 is 0 Å². The molecule has 8 heteroatoms. The maximum atomic E-state index is 12.4. The summed E-state index contributed by atoms with van der Waals surface area (Å²) in [6, 6.07) is 6.87. The molecule has 0 bridgehead atoms. The third-order valence-electron chi connectivity index (χ3n) is 5.39. The minimum atomic E-state index is -0.442. The van der Waals surface area contributed by atoms with Crippen LogP contribution in [-0.2, 0) is 14.4 Å². The molecule has 158 valence electrons. The Morgan fingerprint density at radius 1 is 1.14 bits per heavy atom. The highest BCUT2D eigenvalue weighted by Crippen LogP contribution is 2.18. The first-order chi connectivity index (χ1) is 14.0. The Labute approximate surface area is 172 Å². The Morgan fingerprint density at radius 2 is 1.86 bits per heavy atom. The smallest absolute Gasteiger partial charge is 0.249 e. The van der Waals surface area contributed by atoms with Crippen LogP contribution in [0.3, 0.4) is 0 Å². The summed E-state index contributed by atoms with van der Waals surface area (Å²) >= 11 is 0. The Balaban J connectivity index is 1.45. The number of nitrogens with one attached hydrogen (secondary N) is 3. The summed E-state index contributed by atoms with van der Waals surface area (Å²) in [7, 11) is 0. The SMILES string of the molecule is CCCCN1CCN(CC(=O)Nc2cccc(NC3CCC(=O)NC3=O)c2)CC1. The van der Waals surface area contributed by atoms with E-state index in [1.54, 1.807) is 0 Å². The molecule has 1 unspecified atom stereocenters. The van der Waals surface area contributed by atoms with Crippen LogP contribution in [0.2, 0.25) is 0 Å². The minimum absolute atomic E-state index is 0.0369. The standard InChI is InChI=1S/C21H31N5O3/c1-2-3-9-25-10-12-26(13-11-25)15-20(28)23-17-6-4-5-16(14-17)22-18-7-8-19(27)24-21(18)29/h4-6,14,18,22H,2-3,7-13,15H2,1H3,(H,23,28)(H,24,27,29). The molecular formula is C21H31N5O3. The van der Waals surface area contributed by atoms with E-state index in [4.69, 9.17) is 0 Å². The van der Waals surface area contributed by atoms with E-state index in [0.29, 0.717) is 25.1 Å². The first kappa shape index (κ1) is 21.3. The maximum absolute atomic E-state index is 12.4. The second-order valence-electron chi connectivity index (χ2n) is 7.75. The van der Waals surface area contributed by atoms with Crippen LogP contribution < -0.4 is 16.0 Å². The number of hydrogen-bond donors (Lipinski definition) is 3. The van der Waals surface area contributed by atoms with Crippen molar-refractivity contribution in [1.29, 1.82) is 0 Å². The summed E-state index contributed by atoms with van der Waals surface area (Å²) in [4.78, 5) is 40.2. The lowest BCUT2D eigenvalue weighted by molar-refractivity contribution is -0.133. The molecule has 2 fully saturated rings. The van der Waals surface area contributed by atoms with Crippen LogP contribution in [0.4, 0.5) is 11.4 Å². The van der Waals surface area contributed by atoms with E-state index in [1.165, 1.54) is 12.8 Å². The van der Waals surface area contributed by atoms with E-state index in [2.05, 4.69) is 32.7 Å². The molecule has 0 aromatic heterocycles. The van der Waals surface area contributed by atoms with Gasteiger partial charge in [-0.1, -0.05) is 19.4 Å². The number of hydrogen-bond acceptors (Lipinski definition) is 6. The van der Waals surface area contributed by atoms with Gasteiger partial charge in [0.15, 0.2) is 0 Å². The van der Waals surface area contributed by atoms with Gasteiger partial charge in [0.25, 0.3) is 0 Å². The fourth-order valence-electron chi connectivity index (χ4n) is 3.68. The number of unbranched alkanes of at least 4 members (excludes halogenated alkanes) is 1. The van der Waals surface area contributed by atoms with Crippen molar-refractivity contribution in [3.8, 4) is 0 Å². The van der Waals surface area contributed by atoms with Crippen molar-refractivity contribution >= 4 is 29.1 Å². The van der Waals surface area contributed by atoms with E-state index in [1.807, 2.05) is 24.3 Å². The number of anilines is 2. The van der Waals surface area contributed by atoms with Gasteiger partial charge in [-0.25, -0.2) is 0 Å². The van der Waals surface area contributed by atoms with Gasteiger partial charge in [-0.3, -0.25) is 24.6 Å². The second kappa shape index (κ2) is 10.4. The van der Waals surface area contributed by atoms with Gasteiger partial charge in [0.05, 0.1) is 6.54 Å². The molecule has 0 spiro atoms. The van der Waals surface area contributed by atoms with Gasteiger partial charge in [0.2, 0.25) is 17.7 Å².